The number of hydrogen-bond acceptors (Lipinski definition) is 3. The number of carbonyl (C=O) groups is 2. The third kappa shape index (κ3) is 4.18. The van der Waals surface area contributed by atoms with Crippen molar-refractivity contribution in [2.75, 3.05) is 0 Å². The van der Waals surface area contributed by atoms with Gasteiger partial charge < -0.3 is 15.7 Å². The number of amides is 2. The molecule has 1 aromatic rings. The maximum atomic E-state index is 12.0. The second kappa shape index (κ2) is 7.06. The molecule has 3 N–H and O–H groups in total. The van der Waals surface area contributed by atoms with E-state index in [9.17, 15) is 14.7 Å². The van der Waals surface area contributed by atoms with E-state index in [1.54, 1.807) is 12.4 Å². The molecule has 1 heterocycles. The molecule has 1 fully saturated rings. The molecule has 1 aromatic heterocycles. The molecule has 114 valence electrons. The molecule has 1 aliphatic carbocycles. The van der Waals surface area contributed by atoms with E-state index in [0.29, 0.717) is 12.8 Å². The molecule has 0 radical (unpaired) electrons. The van der Waals surface area contributed by atoms with Crippen LogP contribution in [0, 0.1) is 5.92 Å². The van der Waals surface area contributed by atoms with Crippen LogP contribution in [0.3, 0.4) is 0 Å². The Labute approximate surface area is 124 Å². The van der Waals surface area contributed by atoms with E-state index in [1.165, 1.54) is 0 Å². The Morgan fingerprint density at radius 1 is 1.38 bits per heavy atom. The zero-order valence-electron chi connectivity index (χ0n) is 12.1. The highest BCUT2D eigenvalue weighted by molar-refractivity contribution is 5.77. The van der Waals surface area contributed by atoms with E-state index in [0.717, 1.165) is 18.4 Å². The highest BCUT2D eigenvalue weighted by Crippen LogP contribution is 2.24. The Balaban J connectivity index is 1.90. The summed E-state index contributed by atoms with van der Waals surface area (Å²) in [4.78, 5) is 27.3. The summed E-state index contributed by atoms with van der Waals surface area (Å²) in [7, 11) is 0. The Morgan fingerprint density at radius 2 is 2.14 bits per heavy atom. The quantitative estimate of drug-likeness (QED) is 0.792. The van der Waals surface area contributed by atoms with Crippen molar-refractivity contribution in [1.82, 2.24) is 15.6 Å². The Bertz CT molecular complexity index is 492. The summed E-state index contributed by atoms with van der Waals surface area (Å²) in [6.45, 7) is 1.87. The van der Waals surface area contributed by atoms with Gasteiger partial charge in [0, 0.05) is 18.4 Å². The molecular formula is C15H21N3O3. The number of pyridine rings is 1. The maximum Gasteiger partial charge on any atom is 0.315 e. The summed E-state index contributed by atoms with van der Waals surface area (Å²) in [5.74, 6) is -1.32. The highest BCUT2D eigenvalue weighted by Gasteiger charge is 2.31. The molecule has 0 bridgehead atoms. The van der Waals surface area contributed by atoms with Gasteiger partial charge in [0.15, 0.2) is 0 Å². The molecule has 21 heavy (non-hydrogen) atoms. The van der Waals surface area contributed by atoms with Crippen LogP contribution in [0.2, 0.25) is 0 Å². The molecule has 0 aromatic carbocycles. The minimum Gasteiger partial charge on any atom is -0.481 e. The number of aromatic nitrogens is 1. The van der Waals surface area contributed by atoms with Crippen LogP contribution in [-0.4, -0.2) is 28.1 Å². The van der Waals surface area contributed by atoms with Crippen LogP contribution in [0.25, 0.3) is 0 Å². The van der Waals surface area contributed by atoms with Crippen molar-refractivity contribution in [3.8, 4) is 0 Å². The van der Waals surface area contributed by atoms with Gasteiger partial charge in [-0.1, -0.05) is 18.9 Å². The summed E-state index contributed by atoms with van der Waals surface area (Å²) in [6, 6.07) is 2.90. The topological polar surface area (TPSA) is 91.3 Å². The fourth-order valence-corrected chi connectivity index (χ4v) is 2.72. The number of nitrogens with zero attached hydrogens (tertiary/aromatic N) is 1. The van der Waals surface area contributed by atoms with Crippen LogP contribution in [0.4, 0.5) is 4.79 Å². The average Bonchev–Trinajstić information content (AvgIpc) is 2.48. The minimum atomic E-state index is -0.833. The second-order valence-electron chi connectivity index (χ2n) is 5.46. The number of rotatable bonds is 4. The third-order valence-corrected chi connectivity index (χ3v) is 3.93. The first kappa shape index (κ1) is 15.3. The molecule has 6 heteroatoms. The fourth-order valence-electron chi connectivity index (χ4n) is 2.72. The van der Waals surface area contributed by atoms with Crippen molar-refractivity contribution < 1.29 is 14.7 Å². The average molecular weight is 291 g/mol. The van der Waals surface area contributed by atoms with Crippen molar-refractivity contribution >= 4 is 12.0 Å². The summed E-state index contributed by atoms with van der Waals surface area (Å²) < 4.78 is 0. The molecule has 3 atom stereocenters. The van der Waals surface area contributed by atoms with Crippen molar-refractivity contribution in [3.63, 3.8) is 0 Å². The minimum absolute atomic E-state index is 0.175. The molecule has 0 spiro atoms. The Kier molecular flexibility index (Phi) is 5.14. The summed E-state index contributed by atoms with van der Waals surface area (Å²) >= 11 is 0. The summed E-state index contributed by atoms with van der Waals surface area (Å²) in [5, 5.41) is 14.8. The number of carboxylic acid groups (broad SMARTS) is 1. The first-order valence-corrected chi connectivity index (χ1v) is 7.27. The molecule has 6 nitrogen and oxygen atoms in total. The summed E-state index contributed by atoms with van der Waals surface area (Å²) in [6.07, 6.45) is 6.57. The van der Waals surface area contributed by atoms with E-state index in [2.05, 4.69) is 15.6 Å². The molecule has 3 unspecified atom stereocenters. The van der Waals surface area contributed by atoms with Gasteiger partial charge in [-0.05, 0) is 31.4 Å². The van der Waals surface area contributed by atoms with Crippen molar-refractivity contribution in [2.24, 2.45) is 5.92 Å². The van der Waals surface area contributed by atoms with Crippen LogP contribution < -0.4 is 10.6 Å². The van der Waals surface area contributed by atoms with Crippen LogP contribution in [0.15, 0.2) is 24.5 Å². The zero-order valence-corrected chi connectivity index (χ0v) is 12.1. The lowest BCUT2D eigenvalue weighted by Crippen LogP contribution is -2.49. The van der Waals surface area contributed by atoms with Gasteiger partial charge in [0.1, 0.15) is 0 Å². The van der Waals surface area contributed by atoms with Gasteiger partial charge in [0.25, 0.3) is 0 Å². The second-order valence-corrected chi connectivity index (χ2v) is 5.46. The van der Waals surface area contributed by atoms with E-state index in [1.807, 2.05) is 19.1 Å². The smallest absolute Gasteiger partial charge is 0.315 e. The largest absolute Gasteiger partial charge is 0.481 e. The number of aliphatic carboxylic acids is 1. The lowest BCUT2D eigenvalue weighted by Gasteiger charge is -2.29. The van der Waals surface area contributed by atoms with Crippen LogP contribution >= 0.6 is 0 Å². The molecule has 2 rings (SSSR count). The molecule has 2 amide bonds. The number of carbonyl (C=O) groups excluding carboxylic acids is 1. The van der Waals surface area contributed by atoms with Crippen molar-refractivity contribution in [1.29, 1.82) is 0 Å². The molecule has 0 aliphatic heterocycles. The standard InChI is InChI=1S/C15H21N3O3/c1-10(11-5-4-8-16-9-11)17-15(21)18-13-7-3-2-6-12(13)14(19)20/h4-5,8-10,12-13H,2-3,6-7H2,1H3,(H,19,20)(H2,17,18,21). The van der Waals surface area contributed by atoms with Gasteiger partial charge in [-0.25, -0.2) is 4.79 Å². The third-order valence-electron chi connectivity index (χ3n) is 3.93. The predicted octanol–water partition coefficient (Wildman–Crippen LogP) is 2.09. The first-order chi connectivity index (χ1) is 10.1. The monoisotopic (exact) mass is 291 g/mol. The number of nitrogens with one attached hydrogen (secondary N) is 2. The first-order valence-electron chi connectivity index (χ1n) is 7.27. The van der Waals surface area contributed by atoms with Gasteiger partial charge in [0.2, 0.25) is 0 Å². The molecule has 1 aliphatic rings. The number of hydrogen-bond donors (Lipinski definition) is 3. The predicted molar refractivity (Wildman–Crippen MR) is 77.7 cm³/mol. The molecule has 1 saturated carbocycles. The van der Waals surface area contributed by atoms with Gasteiger partial charge in [-0.3, -0.25) is 9.78 Å². The van der Waals surface area contributed by atoms with Crippen molar-refractivity contribution in [2.45, 2.75) is 44.7 Å². The fraction of sp³-hybridized carbons (Fsp3) is 0.533. The van der Waals surface area contributed by atoms with Gasteiger partial charge in [-0.15, -0.1) is 0 Å². The lowest BCUT2D eigenvalue weighted by molar-refractivity contribution is -0.143. The Hall–Kier alpha value is -2.11. The van der Waals surface area contributed by atoms with Crippen LogP contribution in [0.5, 0.6) is 0 Å². The van der Waals surface area contributed by atoms with E-state index in [4.69, 9.17) is 0 Å². The number of urea groups is 1. The highest BCUT2D eigenvalue weighted by atomic mass is 16.4. The number of carboxylic acids is 1. The SMILES string of the molecule is CC(NC(=O)NC1CCCCC1C(=O)O)c1cccnc1. The summed E-state index contributed by atoms with van der Waals surface area (Å²) in [5.41, 5.74) is 0.908. The van der Waals surface area contributed by atoms with Crippen LogP contribution in [0.1, 0.15) is 44.2 Å². The lowest BCUT2D eigenvalue weighted by atomic mass is 9.84. The van der Waals surface area contributed by atoms with E-state index >= 15 is 0 Å². The normalized spacial score (nSPS) is 23.1. The molecular weight excluding hydrogens is 270 g/mol. The van der Waals surface area contributed by atoms with Gasteiger partial charge in [-0.2, -0.15) is 0 Å². The van der Waals surface area contributed by atoms with Gasteiger partial charge >= 0.3 is 12.0 Å². The van der Waals surface area contributed by atoms with E-state index < -0.39 is 11.9 Å². The van der Waals surface area contributed by atoms with Gasteiger partial charge in [0.05, 0.1) is 12.0 Å². The molecule has 0 saturated heterocycles. The van der Waals surface area contributed by atoms with Crippen LogP contribution in [-0.2, 0) is 4.79 Å². The van der Waals surface area contributed by atoms with E-state index in [-0.39, 0.29) is 18.1 Å². The zero-order chi connectivity index (χ0) is 15.2. The Morgan fingerprint density at radius 3 is 2.81 bits per heavy atom. The maximum absolute atomic E-state index is 12.0. The van der Waals surface area contributed by atoms with Crippen molar-refractivity contribution in [3.05, 3.63) is 30.1 Å².